The zero-order valence-electron chi connectivity index (χ0n) is 24.6. The van der Waals surface area contributed by atoms with Crippen molar-refractivity contribution in [2.45, 2.75) is 57.0 Å². The lowest BCUT2D eigenvalue weighted by Crippen LogP contribution is -2.72. The minimum atomic E-state index is -0.759. The summed E-state index contributed by atoms with van der Waals surface area (Å²) in [5.74, 6) is -0.154. The number of amides is 3. The van der Waals surface area contributed by atoms with Gasteiger partial charge < -0.3 is 20.4 Å². The molecule has 7 nitrogen and oxygen atoms in total. The number of carbonyl (C=O) groups excluding carboxylic acids is 3. The highest BCUT2D eigenvalue weighted by Gasteiger charge is 2.53. The number of carbonyl (C=O) groups is 3. The predicted molar refractivity (Wildman–Crippen MR) is 166 cm³/mol. The average Bonchev–Trinajstić information content (AvgIpc) is 3.04. The van der Waals surface area contributed by atoms with Gasteiger partial charge in [-0.25, -0.2) is 0 Å². The van der Waals surface area contributed by atoms with E-state index < -0.39 is 11.6 Å². The highest BCUT2D eigenvalue weighted by Crippen LogP contribution is 2.34. The lowest BCUT2D eigenvalue weighted by atomic mass is 9.81. The molecule has 5 rings (SSSR count). The summed E-state index contributed by atoms with van der Waals surface area (Å²) in [6.45, 7) is 5.63. The number of hydrogen-bond acceptors (Lipinski definition) is 4. The van der Waals surface area contributed by atoms with Crippen LogP contribution in [0.15, 0.2) is 84.9 Å². The number of piperidine rings is 1. The predicted octanol–water partition coefficient (Wildman–Crippen LogP) is 4.68. The summed E-state index contributed by atoms with van der Waals surface area (Å²) in [5, 5.41) is 6.05. The van der Waals surface area contributed by atoms with Crippen LogP contribution in [0.4, 0.5) is 0 Å². The molecule has 220 valence electrons. The van der Waals surface area contributed by atoms with Crippen molar-refractivity contribution < 1.29 is 14.4 Å². The zero-order chi connectivity index (χ0) is 29.4. The molecule has 3 aromatic carbocycles. The van der Waals surface area contributed by atoms with E-state index in [1.807, 2.05) is 65.6 Å². The van der Waals surface area contributed by atoms with E-state index >= 15 is 0 Å². The quantitative estimate of drug-likeness (QED) is 0.331. The summed E-state index contributed by atoms with van der Waals surface area (Å²) in [6, 6.07) is 27.5. The third-order valence-corrected chi connectivity index (χ3v) is 8.69. The second-order valence-electron chi connectivity index (χ2n) is 11.5. The summed E-state index contributed by atoms with van der Waals surface area (Å²) in [6.07, 6.45) is 4.20. The molecule has 0 unspecified atom stereocenters. The maximum atomic E-state index is 13.7. The molecule has 3 aromatic rings. The summed E-state index contributed by atoms with van der Waals surface area (Å²) in [5.41, 5.74) is 3.21. The van der Waals surface area contributed by atoms with Crippen LogP contribution in [-0.2, 0) is 16.0 Å². The van der Waals surface area contributed by atoms with Crippen molar-refractivity contribution in [3.63, 3.8) is 0 Å². The van der Waals surface area contributed by atoms with Crippen molar-refractivity contribution in [2.24, 2.45) is 0 Å². The van der Waals surface area contributed by atoms with Gasteiger partial charge in [0.05, 0.1) is 0 Å². The first kappa shape index (κ1) is 29.5. The van der Waals surface area contributed by atoms with Crippen molar-refractivity contribution >= 4 is 17.7 Å². The van der Waals surface area contributed by atoms with Gasteiger partial charge in [-0.3, -0.25) is 14.4 Å². The molecule has 0 radical (unpaired) electrons. The molecule has 0 aromatic heterocycles. The first-order valence-electron chi connectivity index (χ1n) is 15.3. The van der Waals surface area contributed by atoms with Crippen molar-refractivity contribution in [1.29, 1.82) is 0 Å². The molecule has 7 heteroatoms. The standard InChI is InChI=1S/C35H42N4O3/c1-2-22-39-33(41)31(17-10-21-36-32(40)30-16-9-15-29(26-30)28-13-7-4-8-14-28)37-34(42)35(39)19-24-38(25-20-35)23-18-27-11-5-3-6-12-27/h3-9,11-16,26,31H,2,10,17-25H2,1H3,(H,36,40)(H,37,42)/t31-/m0/s1. The van der Waals surface area contributed by atoms with Crippen LogP contribution in [0.1, 0.15) is 54.9 Å². The minimum Gasteiger partial charge on any atom is -0.352 e. The van der Waals surface area contributed by atoms with Gasteiger partial charge in [0.25, 0.3) is 5.91 Å². The van der Waals surface area contributed by atoms with Crippen molar-refractivity contribution in [3.8, 4) is 11.1 Å². The van der Waals surface area contributed by atoms with Gasteiger partial charge in [0.2, 0.25) is 11.8 Å². The third kappa shape index (κ3) is 6.73. The Morgan fingerprint density at radius 1 is 0.905 bits per heavy atom. The van der Waals surface area contributed by atoms with E-state index in [1.54, 1.807) is 0 Å². The van der Waals surface area contributed by atoms with Gasteiger partial charge in [0.1, 0.15) is 11.6 Å². The van der Waals surface area contributed by atoms with Gasteiger partial charge in [-0.05, 0) is 67.3 Å². The van der Waals surface area contributed by atoms with Gasteiger partial charge in [0, 0.05) is 38.3 Å². The molecule has 2 heterocycles. The van der Waals surface area contributed by atoms with Gasteiger partial charge >= 0.3 is 0 Å². The number of hydrogen-bond donors (Lipinski definition) is 2. The highest BCUT2D eigenvalue weighted by atomic mass is 16.2. The van der Waals surface area contributed by atoms with E-state index in [-0.39, 0.29) is 17.7 Å². The summed E-state index contributed by atoms with van der Waals surface area (Å²) in [4.78, 5) is 44.3. The van der Waals surface area contributed by atoms with Crippen molar-refractivity contribution in [1.82, 2.24) is 20.4 Å². The molecule has 2 saturated heterocycles. The molecular formula is C35H42N4O3. The van der Waals surface area contributed by atoms with E-state index in [1.165, 1.54) is 5.56 Å². The van der Waals surface area contributed by atoms with Crippen LogP contribution in [-0.4, -0.2) is 71.8 Å². The fourth-order valence-corrected chi connectivity index (χ4v) is 6.28. The Labute approximate surface area is 249 Å². The topological polar surface area (TPSA) is 81.8 Å². The van der Waals surface area contributed by atoms with Crippen molar-refractivity contribution in [2.75, 3.05) is 32.7 Å². The number of nitrogens with zero attached hydrogens (tertiary/aromatic N) is 2. The first-order chi connectivity index (χ1) is 20.5. The molecule has 2 N–H and O–H groups in total. The molecule has 0 saturated carbocycles. The van der Waals surface area contributed by atoms with E-state index in [0.717, 1.165) is 43.6 Å². The van der Waals surface area contributed by atoms with Crippen LogP contribution in [0.25, 0.3) is 11.1 Å². The SMILES string of the molecule is CCCN1C(=O)[C@H](CCCNC(=O)c2cccc(-c3ccccc3)c2)NC(=O)C12CCN(CCc1ccccc1)CC2. The van der Waals surface area contributed by atoms with Crippen LogP contribution < -0.4 is 10.6 Å². The Morgan fingerprint density at radius 3 is 2.31 bits per heavy atom. The lowest BCUT2D eigenvalue weighted by Gasteiger charge is -2.51. The average molecular weight is 567 g/mol. The second kappa shape index (κ2) is 13.8. The van der Waals surface area contributed by atoms with E-state index in [0.29, 0.717) is 44.3 Å². The Hall–Kier alpha value is -3.97. The van der Waals surface area contributed by atoms with E-state index in [2.05, 4.69) is 46.7 Å². The Morgan fingerprint density at radius 2 is 1.60 bits per heavy atom. The molecule has 2 fully saturated rings. The first-order valence-corrected chi connectivity index (χ1v) is 15.3. The molecule has 1 spiro atoms. The Balaban J connectivity index is 1.12. The van der Waals surface area contributed by atoms with Crippen LogP contribution >= 0.6 is 0 Å². The second-order valence-corrected chi connectivity index (χ2v) is 11.5. The Bertz CT molecular complexity index is 1350. The molecule has 42 heavy (non-hydrogen) atoms. The number of benzene rings is 3. The molecule has 2 aliphatic rings. The molecule has 0 bridgehead atoms. The highest BCUT2D eigenvalue weighted by molar-refractivity contribution is 6.00. The van der Waals surface area contributed by atoms with Crippen LogP contribution in [0.3, 0.4) is 0 Å². The van der Waals surface area contributed by atoms with Gasteiger partial charge in [-0.2, -0.15) is 0 Å². The van der Waals surface area contributed by atoms with Gasteiger partial charge in [-0.1, -0.05) is 79.7 Å². The van der Waals surface area contributed by atoms with Gasteiger partial charge in [-0.15, -0.1) is 0 Å². The number of likely N-dealkylation sites (tertiary alicyclic amines) is 1. The number of piperazine rings is 1. The molecule has 0 aliphatic carbocycles. The monoisotopic (exact) mass is 566 g/mol. The lowest BCUT2D eigenvalue weighted by molar-refractivity contribution is -0.161. The molecule has 1 atom stereocenters. The Kier molecular flexibility index (Phi) is 9.70. The third-order valence-electron chi connectivity index (χ3n) is 8.69. The summed E-state index contributed by atoms with van der Waals surface area (Å²) < 4.78 is 0. The summed E-state index contributed by atoms with van der Waals surface area (Å²) >= 11 is 0. The maximum Gasteiger partial charge on any atom is 0.251 e. The zero-order valence-corrected chi connectivity index (χ0v) is 24.6. The smallest absolute Gasteiger partial charge is 0.251 e. The summed E-state index contributed by atoms with van der Waals surface area (Å²) in [7, 11) is 0. The van der Waals surface area contributed by atoms with Gasteiger partial charge in [0.15, 0.2) is 0 Å². The largest absolute Gasteiger partial charge is 0.352 e. The van der Waals surface area contributed by atoms with Crippen LogP contribution in [0, 0.1) is 0 Å². The van der Waals surface area contributed by atoms with E-state index in [9.17, 15) is 14.4 Å². The number of nitrogens with one attached hydrogen (secondary N) is 2. The normalized spacial score (nSPS) is 18.6. The van der Waals surface area contributed by atoms with E-state index in [4.69, 9.17) is 0 Å². The van der Waals surface area contributed by atoms with Crippen LogP contribution in [0.2, 0.25) is 0 Å². The van der Waals surface area contributed by atoms with Crippen LogP contribution in [0.5, 0.6) is 0 Å². The fourth-order valence-electron chi connectivity index (χ4n) is 6.28. The molecular weight excluding hydrogens is 524 g/mol. The fraction of sp³-hybridized carbons (Fsp3) is 0.400. The molecule has 3 amide bonds. The maximum absolute atomic E-state index is 13.7. The molecule has 2 aliphatic heterocycles. The van der Waals surface area contributed by atoms with Crippen molar-refractivity contribution in [3.05, 3.63) is 96.1 Å². The number of rotatable bonds is 11. The minimum absolute atomic E-state index is 0.0103.